The van der Waals surface area contributed by atoms with Gasteiger partial charge in [-0.2, -0.15) is 5.10 Å². The van der Waals surface area contributed by atoms with Gasteiger partial charge < -0.3 is 0 Å². The van der Waals surface area contributed by atoms with Crippen molar-refractivity contribution in [3.8, 4) is 0 Å². The van der Waals surface area contributed by atoms with E-state index in [0.29, 0.717) is 5.56 Å². The molecule has 1 aliphatic rings. The predicted octanol–water partition coefficient (Wildman–Crippen LogP) is 3.28. The number of fused-ring (bicyclic) bond motifs is 1. The van der Waals surface area contributed by atoms with E-state index in [-0.39, 0.29) is 17.7 Å². The van der Waals surface area contributed by atoms with Gasteiger partial charge in [-0.25, -0.2) is 18.3 Å². The van der Waals surface area contributed by atoms with E-state index in [4.69, 9.17) is 0 Å². The second kappa shape index (κ2) is 4.10. The van der Waals surface area contributed by atoms with Crippen molar-refractivity contribution in [2.45, 2.75) is 18.3 Å². The topological polar surface area (TPSA) is 30.2 Å². The molecule has 2 aromatic heterocycles. The van der Waals surface area contributed by atoms with Crippen molar-refractivity contribution in [1.29, 1.82) is 0 Å². The minimum Gasteiger partial charge on any atom is -0.235 e. The van der Waals surface area contributed by atoms with E-state index < -0.39 is 5.82 Å². The smallest absolute Gasteiger partial charge is 0.156 e. The molecule has 0 amide bonds. The first-order valence-corrected chi connectivity index (χ1v) is 6.47. The zero-order chi connectivity index (χ0) is 13.7. The van der Waals surface area contributed by atoms with Gasteiger partial charge in [-0.3, -0.25) is 0 Å². The largest absolute Gasteiger partial charge is 0.235 e. The molecule has 0 saturated heterocycles. The van der Waals surface area contributed by atoms with E-state index >= 15 is 0 Å². The number of halogens is 2. The molecule has 100 valence electrons. The maximum atomic E-state index is 13.8. The van der Waals surface area contributed by atoms with Crippen LogP contribution in [0.15, 0.2) is 42.9 Å². The van der Waals surface area contributed by atoms with Gasteiger partial charge in [0.15, 0.2) is 5.65 Å². The number of hydrogen-bond acceptors (Lipinski definition) is 2. The number of nitrogens with zero attached hydrogens (tertiary/aromatic N) is 3. The Morgan fingerprint density at radius 1 is 1.05 bits per heavy atom. The Morgan fingerprint density at radius 3 is 2.80 bits per heavy atom. The molecule has 0 unspecified atom stereocenters. The Balaban J connectivity index is 1.73. The van der Waals surface area contributed by atoms with Crippen molar-refractivity contribution in [2.24, 2.45) is 0 Å². The van der Waals surface area contributed by atoms with Gasteiger partial charge in [-0.15, -0.1) is 0 Å². The molecule has 0 spiro atoms. The monoisotopic (exact) mass is 271 g/mol. The summed E-state index contributed by atoms with van der Waals surface area (Å²) in [6.07, 6.45) is 5.99. The first-order chi connectivity index (χ1) is 9.74. The molecule has 20 heavy (non-hydrogen) atoms. The number of aromatic nitrogens is 3. The summed E-state index contributed by atoms with van der Waals surface area (Å²) in [6.45, 7) is 0. The van der Waals surface area contributed by atoms with Crippen molar-refractivity contribution in [3.05, 3.63) is 65.6 Å². The fraction of sp³-hybridized carbons (Fsp3) is 0.200. The summed E-state index contributed by atoms with van der Waals surface area (Å²) in [5.41, 5.74) is 2.28. The lowest BCUT2D eigenvalue weighted by Gasteiger charge is -2.04. The maximum Gasteiger partial charge on any atom is 0.156 e. The van der Waals surface area contributed by atoms with Crippen LogP contribution in [0.3, 0.4) is 0 Å². The first-order valence-electron chi connectivity index (χ1n) is 6.47. The SMILES string of the molecule is Fc1ccc(F)c([C@@H]2C[C@H]2c2ccnn3ccnc23)c1. The standard InChI is InChI=1S/C15H11F2N3/c16-9-1-2-14(17)13(7-9)12-8-11(12)10-3-4-19-20-6-5-18-15(10)20/h1-7,11-12H,8H2/t11-,12+/m0/s1. The van der Waals surface area contributed by atoms with Gasteiger partial charge in [0.2, 0.25) is 0 Å². The Hall–Kier alpha value is -2.30. The number of imidazole rings is 1. The predicted molar refractivity (Wildman–Crippen MR) is 69.4 cm³/mol. The molecule has 4 rings (SSSR count). The Kier molecular flexibility index (Phi) is 2.36. The third-order valence-electron chi connectivity index (χ3n) is 3.87. The highest BCUT2D eigenvalue weighted by atomic mass is 19.1. The summed E-state index contributed by atoms with van der Waals surface area (Å²) >= 11 is 0. The van der Waals surface area contributed by atoms with Crippen molar-refractivity contribution >= 4 is 5.65 Å². The highest BCUT2D eigenvalue weighted by Crippen LogP contribution is 2.55. The zero-order valence-corrected chi connectivity index (χ0v) is 10.5. The lowest BCUT2D eigenvalue weighted by Crippen LogP contribution is -1.96. The van der Waals surface area contributed by atoms with Gasteiger partial charge in [-0.05, 0) is 48.1 Å². The van der Waals surface area contributed by atoms with E-state index in [9.17, 15) is 8.78 Å². The lowest BCUT2D eigenvalue weighted by molar-refractivity contribution is 0.585. The van der Waals surface area contributed by atoms with Crippen LogP contribution in [0.25, 0.3) is 5.65 Å². The van der Waals surface area contributed by atoms with Crippen molar-refractivity contribution in [2.75, 3.05) is 0 Å². The average Bonchev–Trinajstić information content (AvgIpc) is 3.08. The molecule has 0 radical (unpaired) electrons. The number of benzene rings is 1. The third-order valence-corrected chi connectivity index (χ3v) is 3.87. The average molecular weight is 271 g/mol. The third kappa shape index (κ3) is 1.70. The fourth-order valence-electron chi connectivity index (χ4n) is 2.83. The zero-order valence-electron chi connectivity index (χ0n) is 10.5. The Labute approximate surface area is 113 Å². The molecule has 1 aliphatic carbocycles. The Morgan fingerprint density at radius 2 is 1.90 bits per heavy atom. The highest BCUT2D eigenvalue weighted by molar-refractivity contribution is 5.52. The van der Waals surface area contributed by atoms with E-state index in [1.54, 1.807) is 23.1 Å². The van der Waals surface area contributed by atoms with Crippen LogP contribution in [0.4, 0.5) is 8.78 Å². The van der Waals surface area contributed by atoms with Crippen LogP contribution < -0.4 is 0 Å². The van der Waals surface area contributed by atoms with E-state index in [0.717, 1.165) is 23.7 Å². The van der Waals surface area contributed by atoms with Gasteiger partial charge >= 0.3 is 0 Å². The molecule has 1 saturated carbocycles. The minimum atomic E-state index is -0.396. The normalized spacial score (nSPS) is 21.3. The molecule has 0 bridgehead atoms. The number of rotatable bonds is 2. The quantitative estimate of drug-likeness (QED) is 0.716. The van der Waals surface area contributed by atoms with Crippen LogP contribution in [-0.4, -0.2) is 14.6 Å². The molecule has 1 fully saturated rings. The van der Waals surface area contributed by atoms with Crippen molar-refractivity contribution < 1.29 is 8.78 Å². The molecule has 2 atom stereocenters. The van der Waals surface area contributed by atoms with Gasteiger partial charge in [0, 0.05) is 24.2 Å². The van der Waals surface area contributed by atoms with Gasteiger partial charge in [-0.1, -0.05) is 0 Å². The molecule has 1 aromatic carbocycles. The fourth-order valence-corrected chi connectivity index (χ4v) is 2.83. The summed E-state index contributed by atoms with van der Waals surface area (Å²) in [7, 11) is 0. The van der Waals surface area contributed by atoms with E-state index in [1.165, 1.54) is 12.1 Å². The summed E-state index contributed by atoms with van der Waals surface area (Å²) in [5, 5.41) is 4.16. The molecular formula is C15H11F2N3. The van der Waals surface area contributed by atoms with Crippen LogP contribution in [0.2, 0.25) is 0 Å². The minimum absolute atomic E-state index is 0.0219. The van der Waals surface area contributed by atoms with E-state index in [2.05, 4.69) is 10.1 Å². The van der Waals surface area contributed by atoms with E-state index in [1.807, 2.05) is 6.07 Å². The molecular weight excluding hydrogens is 260 g/mol. The second-order valence-electron chi connectivity index (χ2n) is 5.10. The first kappa shape index (κ1) is 11.5. The van der Waals surface area contributed by atoms with Crippen LogP contribution >= 0.6 is 0 Å². The Bertz CT molecular complexity index is 797. The van der Waals surface area contributed by atoms with Gasteiger partial charge in [0.05, 0.1) is 0 Å². The molecule has 3 aromatic rings. The molecule has 0 aliphatic heterocycles. The van der Waals surface area contributed by atoms with Gasteiger partial charge in [0.25, 0.3) is 0 Å². The summed E-state index contributed by atoms with van der Waals surface area (Å²) < 4.78 is 28.8. The number of hydrogen-bond donors (Lipinski definition) is 0. The molecule has 5 heteroatoms. The van der Waals surface area contributed by atoms with Crippen LogP contribution in [-0.2, 0) is 0 Å². The summed E-state index contributed by atoms with van der Waals surface area (Å²) in [5.74, 6) is -0.534. The van der Waals surface area contributed by atoms with Crippen LogP contribution in [0.5, 0.6) is 0 Å². The second-order valence-corrected chi connectivity index (χ2v) is 5.10. The molecule has 0 N–H and O–H groups in total. The summed E-state index contributed by atoms with van der Waals surface area (Å²) in [6, 6.07) is 5.54. The van der Waals surface area contributed by atoms with Crippen LogP contribution in [0.1, 0.15) is 29.4 Å². The highest BCUT2D eigenvalue weighted by Gasteiger charge is 2.42. The van der Waals surface area contributed by atoms with Gasteiger partial charge in [0.1, 0.15) is 11.6 Å². The van der Waals surface area contributed by atoms with Crippen molar-refractivity contribution in [1.82, 2.24) is 14.6 Å². The maximum absolute atomic E-state index is 13.8. The molecule has 2 heterocycles. The van der Waals surface area contributed by atoms with Crippen molar-refractivity contribution in [3.63, 3.8) is 0 Å². The summed E-state index contributed by atoms with van der Waals surface area (Å²) in [4.78, 5) is 4.28. The lowest BCUT2D eigenvalue weighted by atomic mass is 10.1. The molecule has 3 nitrogen and oxygen atoms in total. The van der Waals surface area contributed by atoms with Crippen LogP contribution in [0, 0.1) is 11.6 Å².